The van der Waals surface area contributed by atoms with Gasteiger partial charge in [0, 0.05) is 18.4 Å². The van der Waals surface area contributed by atoms with Gasteiger partial charge in [-0.25, -0.2) is 18.4 Å². The van der Waals surface area contributed by atoms with Gasteiger partial charge < -0.3 is 10.6 Å². The lowest BCUT2D eigenvalue weighted by atomic mass is 9.70. The Morgan fingerprint density at radius 3 is 2.63 bits per heavy atom. The second kappa shape index (κ2) is 12.5. The fourth-order valence-electron chi connectivity index (χ4n) is 6.87. The van der Waals surface area contributed by atoms with E-state index in [1.165, 1.54) is 11.0 Å². The van der Waals surface area contributed by atoms with Crippen molar-refractivity contribution in [2.75, 3.05) is 6.54 Å². The average molecular weight is 693 g/mol. The van der Waals surface area contributed by atoms with Crippen LogP contribution in [-0.4, -0.2) is 64.5 Å². The molecule has 3 aliphatic carbocycles. The molecule has 258 valence electrons. The maximum atomic E-state index is 15.0. The Morgan fingerprint density at radius 1 is 1.20 bits per heavy atom. The standard InChI is InChI=1S/C34H39ClF2N10O2/c1-33(2,3)17-34(22-9-6-19(7-10-22)25-15-41-47(44-25)23-11-12-23)31(49)45(32(38)43-34)27(16-39-30(48)20-4-5-20)21-8-13-24(35)26(14-21)46-29(28(36)37)40-18-42-46/h6-9,13-15,18,20,22-23,27-28H,4-5,10-12,16-17H2,1-3H3,(H2,38,43)(H,39,48)/t22?,27-,34-/m1/s1. The number of allylic oxidation sites excluding steroid dienone is 3. The van der Waals surface area contributed by atoms with Crippen molar-refractivity contribution in [3.8, 4) is 5.69 Å². The van der Waals surface area contributed by atoms with E-state index in [4.69, 9.17) is 11.6 Å². The highest BCUT2D eigenvalue weighted by Crippen LogP contribution is 2.44. The minimum atomic E-state index is -2.91. The summed E-state index contributed by atoms with van der Waals surface area (Å²) in [5.74, 6) is -1.53. The Kier molecular flexibility index (Phi) is 8.40. The summed E-state index contributed by atoms with van der Waals surface area (Å²) in [6.45, 7) is 6.16. The van der Waals surface area contributed by atoms with E-state index in [1.54, 1.807) is 23.1 Å². The van der Waals surface area contributed by atoms with Crippen molar-refractivity contribution in [3.05, 3.63) is 71.1 Å². The number of benzene rings is 1. The summed E-state index contributed by atoms with van der Waals surface area (Å²) < 4.78 is 28.6. The molecule has 0 bridgehead atoms. The van der Waals surface area contributed by atoms with Gasteiger partial charge in [-0.15, -0.1) is 0 Å². The molecule has 1 saturated heterocycles. The zero-order valence-corrected chi connectivity index (χ0v) is 28.3. The van der Waals surface area contributed by atoms with Gasteiger partial charge >= 0.3 is 0 Å². The van der Waals surface area contributed by atoms with Gasteiger partial charge in [-0.1, -0.05) is 56.7 Å². The monoisotopic (exact) mass is 692 g/mol. The van der Waals surface area contributed by atoms with Crippen LogP contribution in [0.15, 0.2) is 49.0 Å². The van der Waals surface area contributed by atoms with E-state index in [9.17, 15) is 23.8 Å². The lowest BCUT2D eigenvalue weighted by molar-refractivity contribution is -0.135. The number of nitrogens with zero attached hydrogens (tertiary/aromatic N) is 7. The van der Waals surface area contributed by atoms with Gasteiger partial charge in [-0.2, -0.15) is 20.1 Å². The SMILES string of the molecule is CC(C)(C)C[C@]1(C2C=CC(c3cnn(C4CC4)n3)=CC2)NC(=N)N([C@H](CNC(=O)C2CC2)c2ccc(Cl)c(-n3ncnc3C(F)F)c2)C1=O. The molecule has 0 spiro atoms. The van der Waals surface area contributed by atoms with Crippen LogP contribution in [0.1, 0.15) is 94.9 Å². The highest BCUT2D eigenvalue weighted by atomic mass is 35.5. The van der Waals surface area contributed by atoms with E-state index in [-0.39, 0.29) is 52.3 Å². The number of hydrogen-bond acceptors (Lipinski definition) is 7. The Labute approximate surface area is 287 Å². The normalized spacial score (nSPS) is 23.2. The van der Waals surface area contributed by atoms with Crippen molar-refractivity contribution in [2.45, 2.75) is 83.3 Å². The largest absolute Gasteiger partial charge is 0.353 e. The van der Waals surface area contributed by atoms with Gasteiger partial charge in [-0.3, -0.25) is 19.9 Å². The zero-order chi connectivity index (χ0) is 34.7. The van der Waals surface area contributed by atoms with Gasteiger partial charge in [0.05, 0.1) is 29.0 Å². The molecule has 2 aromatic heterocycles. The molecule has 49 heavy (non-hydrogen) atoms. The number of alkyl halides is 2. The predicted octanol–water partition coefficient (Wildman–Crippen LogP) is 5.55. The molecule has 2 amide bonds. The maximum absolute atomic E-state index is 15.0. The van der Waals surface area contributed by atoms with Crippen LogP contribution in [0.5, 0.6) is 0 Å². The Morgan fingerprint density at radius 2 is 1.98 bits per heavy atom. The second-order valence-electron chi connectivity index (χ2n) is 14.6. The fraction of sp³-hybridized carbons (Fsp3) is 0.500. The molecule has 3 heterocycles. The summed E-state index contributed by atoms with van der Waals surface area (Å²) in [7, 11) is 0. The van der Waals surface area contributed by atoms with Crippen molar-refractivity contribution >= 4 is 34.9 Å². The number of carbonyl (C=O) groups is 2. The maximum Gasteiger partial charge on any atom is 0.297 e. The van der Waals surface area contributed by atoms with Crippen LogP contribution < -0.4 is 10.6 Å². The van der Waals surface area contributed by atoms with E-state index in [1.807, 2.05) is 12.2 Å². The zero-order valence-electron chi connectivity index (χ0n) is 27.5. The average Bonchev–Trinajstić information content (AvgIpc) is 3.97. The van der Waals surface area contributed by atoms with Crippen molar-refractivity contribution in [3.63, 3.8) is 0 Å². The van der Waals surface area contributed by atoms with Crippen LogP contribution >= 0.6 is 11.6 Å². The first-order valence-electron chi connectivity index (χ1n) is 16.6. The van der Waals surface area contributed by atoms with E-state index < -0.39 is 23.8 Å². The Hall–Kier alpha value is -4.46. The molecule has 3 N–H and O–H groups in total. The molecule has 4 aliphatic rings. The quantitative estimate of drug-likeness (QED) is 0.239. The lowest BCUT2D eigenvalue weighted by Crippen LogP contribution is -2.55. The number of halogens is 3. The fourth-order valence-corrected chi connectivity index (χ4v) is 7.07. The van der Waals surface area contributed by atoms with E-state index in [2.05, 4.69) is 57.8 Å². The summed E-state index contributed by atoms with van der Waals surface area (Å²) in [4.78, 5) is 34.7. The van der Waals surface area contributed by atoms with Gasteiger partial charge in [-0.05, 0) is 67.2 Å². The van der Waals surface area contributed by atoms with Crippen LogP contribution in [0.2, 0.25) is 5.02 Å². The molecule has 3 atom stereocenters. The van der Waals surface area contributed by atoms with Crippen LogP contribution in [0.3, 0.4) is 0 Å². The minimum Gasteiger partial charge on any atom is -0.353 e. The van der Waals surface area contributed by atoms with Crippen molar-refractivity contribution in [1.82, 2.24) is 45.3 Å². The molecule has 0 radical (unpaired) electrons. The first-order chi connectivity index (χ1) is 23.3. The predicted molar refractivity (Wildman–Crippen MR) is 178 cm³/mol. The number of amides is 2. The molecule has 2 saturated carbocycles. The third-order valence-corrected chi connectivity index (χ3v) is 9.80. The number of hydrogen-bond donors (Lipinski definition) is 3. The first-order valence-corrected chi connectivity index (χ1v) is 17.0. The van der Waals surface area contributed by atoms with Gasteiger partial charge in [0.1, 0.15) is 17.6 Å². The van der Waals surface area contributed by atoms with Crippen molar-refractivity contribution < 1.29 is 18.4 Å². The topological polar surface area (TPSA) is 147 Å². The van der Waals surface area contributed by atoms with Crippen LogP contribution in [-0.2, 0) is 9.59 Å². The molecule has 7 rings (SSSR count). The summed E-state index contributed by atoms with van der Waals surface area (Å²) in [6.07, 6.45) is 10.6. The first kappa shape index (κ1) is 33.1. The van der Waals surface area contributed by atoms with Crippen molar-refractivity contribution in [1.29, 1.82) is 5.41 Å². The van der Waals surface area contributed by atoms with Gasteiger partial charge in [0.15, 0.2) is 11.8 Å². The molecular weight excluding hydrogens is 654 g/mol. The van der Waals surface area contributed by atoms with Crippen LogP contribution in [0.4, 0.5) is 8.78 Å². The third-order valence-electron chi connectivity index (χ3n) is 9.48. The van der Waals surface area contributed by atoms with Crippen LogP contribution in [0.25, 0.3) is 11.3 Å². The smallest absolute Gasteiger partial charge is 0.297 e. The highest BCUT2D eigenvalue weighted by molar-refractivity contribution is 6.32. The van der Waals surface area contributed by atoms with E-state index in [0.29, 0.717) is 24.4 Å². The summed E-state index contributed by atoms with van der Waals surface area (Å²) >= 11 is 6.50. The second-order valence-corrected chi connectivity index (χ2v) is 15.0. The molecule has 1 unspecified atom stereocenters. The number of rotatable bonds is 11. The molecule has 1 aliphatic heterocycles. The lowest BCUT2D eigenvalue weighted by Gasteiger charge is -2.39. The van der Waals surface area contributed by atoms with E-state index in [0.717, 1.165) is 48.0 Å². The number of nitrogens with one attached hydrogen (secondary N) is 3. The molecule has 3 fully saturated rings. The molecule has 1 aromatic carbocycles. The summed E-state index contributed by atoms with van der Waals surface area (Å²) in [5, 5.41) is 28.7. The molecular formula is C34H39ClF2N10O2. The minimum absolute atomic E-state index is 0.00191. The Balaban J connectivity index is 1.23. The summed E-state index contributed by atoms with van der Waals surface area (Å²) in [6, 6.07) is 4.28. The summed E-state index contributed by atoms with van der Waals surface area (Å²) in [5.41, 5.74) is 0.839. The van der Waals surface area contributed by atoms with Gasteiger partial charge in [0.25, 0.3) is 12.3 Å². The molecule has 3 aromatic rings. The Bertz CT molecular complexity index is 1850. The third kappa shape index (κ3) is 6.50. The van der Waals surface area contributed by atoms with Crippen LogP contribution in [0, 0.1) is 22.7 Å². The number of aromatic nitrogens is 6. The highest BCUT2D eigenvalue weighted by Gasteiger charge is 2.56. The van der Waals surface area contributed by atoms with Gasteiger partial charge in [0.2, 0.25) is 5.91 Å². The van der Waals surface area contributed by atoms with Crippen molar-refractivity contribution in [2.24, 2.45) is 17.3 Å². The molecule has 12 nitrogen and oxygen atoms in total. The molecule has 15 heteroatoms. The number of guanidine groups is 1. The number of carbonyl (C=O) groups excluding carboxylic acids is 2. The van der Waals surface area contributed by atoms with E-state index >= 15 is 0 Å².